The average molecular weight is 287 g/mol. The van der Waals surface area contributed by atoms with Gasteiger partial charge in [0, 0.05) is 17.7 Å². The van der Waals surface area contributed by atoms with E-state index in [1.807, 2.05) is 36.4 Å². The first-order chi connectivity index (χ1) is 9.74. The fourth-order valence-electron chi connectivity index (χ4n) is 1.94. The predicted molar refractivity (Wildman–Crippen MR) is 76.8 cm³/mol. The van der Waals surface area contributed by atoms with Crippen LogP contribution in [0.15, 0.2) is 63.9 Å². The Hall–Kier alpha value is -2.33. The van der Waals surface area contributed by atoms with Gasteiger partial charge >= 0.3 is 0 Å². The van der Waals surface area contributed by atoms with Gasteiger partial charge in [0.2, 0.25) is 0 Å². The molecule has 4 nitrogen and oxygen atoms in total. The third-order valence-corrected chi connectivity index (χ3v) is 3.27. The summed E-state index contributed by atoms with van der Waals surface area (Å²) in [7, 11) is 0. The van der Waals surface area contributed by atoms with Crippen LogP contribution in [0.3, 0.4) is 0 Å². The van der Waals surface area contributed by atoms with Gasteiger partial charge in [-0.3, -0.25) is 9.36 Å². The van der Waals surface area contributed by atoms with Crippen LogP contribution in [0.2, 0.25) is 5.15 Å². The highest BCUT2D eigenvalue weighted by Gasteiger charge is 2.09. The molecular formula is C15H11ClN2O2. The molecule has 0 radical (unpaired) electrons. The van der Waals surface area contributed by atoms with Crippen molar-refractivity contribution in [3.63, 3.8) is 0 Å². The van der Waals surface area contributed by atoms with Gasteiger partial charge in [-0.15, -0.1) is 0 Å². The van der Waals surface area contributed by atoms with Gasteiger partial charge in [0.25, 0.3) is 5.56 Å². The number of pyridine rings is 1. The molecule has 100 valence electrons. The number of nitrogens with zero attached hydrogens (tertiary/aromatic N) is 2. The van der Waals surface area contributed by atoms with Crippen LogP contribution in [0.5, 0.6) is 0 Å². The Morgan fingerprint density at radius 1 is 1.10 bits per heavy atom. The van der Waals surface area contributed by atoms with E-state index >= 15 is 0 Å². The molecule has 3 aromatic rings. The summed E-state index contributed by atoms with van der Waals surface area (Å²) in [5, 5.41) is 4.38. The van der Waals surface area contributed by atoms with Crippen LogP contribution in [-0.2, 0) is 6.54 Å². The normalized spacial score (nSPS) is 10.7. The smallest absolute Gasteiger partial charge is 0.252 e. The molecule has 3 rings (SSSR count). The molecule has 0 N–H and O–H groups in total. The van der Waals surface area contributed by atoms with Gasteiger partial charge in [-0.05, 0) is 6.07 Å². The summed E-state index contributed by atoms with van der Waals surface area (Å²) in [5.41, 5.74) is 1.53. The number of benzene rings is 1. The monoisotopic (exact) mass is 286 g/mol. The van der Waals surface area contributed by atoms with Crippen molar-refractivity contribution in [2.45, 2.75) is 6.54 Å². The Labute approximate surface area is 120 Å². The molecule has 0 unspecified atom stereocenters. The van der Waals surface area contributed by atoms with E-state index in [9.17, 15) is 4.79 Å². The molecule has 0 aliphatic rings. The van der Waals surface area contributed by atoms with E-state index in [1.165, 1.54) is 10.6 Å². The summed E-state index contributed by atoms with van der Waals surface area (Å²) in [6, 6.07) is 16.3. The lowest BCUT2D eigenvalue weighted by molar-refractivity contribution is 0.377. The van der Waals surface area contributed by atoms with Crippen LogP contribution in [0.1, 0.15) is 5.76 Å². The van der Waals surface area contributed by atoms with E-state index in [0.29, 0.717) is 10.9 Å². The van der Waals surface area contributed by atoms with Crippen LogP contribution in [0.25, 0.3) is 11.3 Å². The van der Waals surface area contributed by atoms with Gasteiger partial charge < -0.3 is 4.52 Å². The fourth-order valence-corrected chi connectivity index (χ4v) is 2.15. The molecule has 0 saturated heterocycles. The summed E-state index contributed by atoms with van der Waals surface area (Å²) < 4.78 is 6.69. The number of halogens is 1. The van der Waals surface area contributed by atoms with Crippen LogP contribution < -0.4 is 5.56 Å². The zero-order valence-corrected chi connectivity index (χ0v) is 11.2. The van der Waals surface area contributed by atoms with Crippen molar-refractivity contribution in [1.29, 1.82) is 0 Å². The van der Waals surface area contributed by atoms with E-state index in [0.717, 1.165) is 11.3 Å². The fraction of sp³-hybridized carbons (Fsp3) is 0.0667. The van der Waals surface area contributed by atoms with Gasteiger partial charge in [0.05, 0.1) is 6.54 Å². The summed E-state index contributed by atoms with van der Waals surface area (Å²) in [6.45, 7) is 0.262. The largest absolute Gasteiger partial charge is 0.359 e. The molecule has 5 heteroatoms. The van der Waals surface area contributed by atoms with Crippen LogP contribution in [-0.4, -0.2) is 9.72 Å². The highest BCUT2D eigenvalue weighted by Crippen LogP contribution is 2.19. The number of hydrogen-bond acceptors (Lipinski definition) is 3. The van der Waals surface area contributed by atoms with Gasteiger partial charge in [0.15, 0.2) is 5.76 Å². The minimum atomic E-state index is -0.171. The quantitative estimate of drug-likeness (QED) is 0.695. The molecule has 0 aliphatic carbocycles. The number of aromatic nitrogens is 2. The molecule has 0 atom stereocenters. The van der Waals surface area contributed by atoms with Gasteiger partial charge in [0.1, 0.15) is 10.8 Å². The topological polar surface area (TPSA) is 48.0 Å². The molecule has 20 heavy (non-hydrogen) atoms. The van der Waals surface area contributed by atoms with Gasteiger partial charge in [-0.1, -0.05) is 53.2 Å². The average Bonchev–Trinajstić information content (AvgIpc) is 2.93. The number of hydrogen-bond donors (Lipinski definition) is 0. The standard InChI is InChI=1S/C15H11ClN2O2/c16-14-7-4-8-15(19)18(14)10-12-9-13(17-20-12)11-5-2-1-3-6-11/h1-9H,10H2. The van der Waals surface area contributed by atoms with E-state index < -0.39 is 0 Å². The first-order valence-electron chi connectivity index (χ1n) is 6.10. The Morgan fingerprint density at radius 3 is 2.65 bits per heavy atom. The van der Waals surface area contributed by atoms with Crippen molar-refractivity contribution < 1.29 is 4.52 Å². The van der Waals surface area contributed by atoms with Crippen LogP contribution in [0.4, 0.5) is 0 Å². The SMILES string of the molecule is O=c1cccc(Cl)n1Cc1cc(-c2ccccc2)no1. The molecule has 1 aromatic carbocycles. The zero-order chi connectivity index (χ0) is 13.9. The first kappa shape index (κ1) is 12.7. The summed E-state index contributed by atoms with van der Waals surface area (Å²) >= 11 is 6.00. The Morgan fingerprint density at radius 2 is 1.90 bits per heavy atom. The minimum Gasteiger partial charge on any atom is -0.359 e. The maximum Gasteiger partial charge on any atom is 0.252 e. The van der Waals surface area contributed by atoms with E-state index in [-0.39, 0.29) is 12.1 Å². The van der Waals surface area contributed by atoms with Crippen molar-refractivity contribution in [3.8, 4) is 11.3 Å². The molecule has 0 fully saturated rings. The highest BCUT2D eigenvalue weighted by atomic mass is 35.5. The first-order valence-corrected chi connectivity index (χ1v) is 6.48. The molecule has 0 bridgehead atoms. The molecule has 2 aromatic heterocycles. The van der Waals surface area contributed by atoms with Crippen LogP contribution in [0, 0.1) is 0 Å². The van der Waals surface area contributed by atoms with Gasteiger partial charge in [-0.2, -0.15) is 0 Å². The third-order valence-electron chi connectivity index (χ3n) is 2.94. The van der Waals surface area contributed by atoms with E-state index in [1.54, 1.807) is 12.1 Å². The molecule has 0 aliphatic heterocycles. The summed E-state index contributed by atoms with van der Waals surface area (Å²) in [4.78, 5) is 11.7. The highest BCUT2D eigenvalue weighted by molar-refractivity contribution is 6.29. The van der Waals surface area contributed by atoms with E-state index in [2.05, 4.69) is 5.16 Å². The van der Waals surface area contributed by atoms with Crippen molar-refractivity contribution >= 4 is 11.6 Å². The van der Waals surface area contributed by atoms with Crippen molar-refractivity contribution in [2.75, 3.05) is 0 Å². The second-order valence-electron chi connectivity index (χ2n) is 4.32. The Bertz CT molecular complexity index is 778. The summed E-state index contributed by atoms with van der Waals surface area (Å²) in [5.74, 6) is 0.582. The number of rotatable bonds is 3. The van der Waals surface area contributed by atoms with E-state index in [4.69, 9.17) is 16.1 Å². The molecule has 0 saturated carbocycles. The zero-order valence-electron chi connectivity index (χ0n) is 10.5. The second-order valence-corrected chi connectivity index (χ2v) is 4.70. The van der Waals surface area contributed by atoms with Crippen molar-refractivity contribution in [3.05, 3.63) is 75.9 Å². The maximum atomic E-state index is 11.7. The van der Waals surface area contributed by atoms with Crippen molar-refractivity contribution in [1.82, 2.24) is 9.72 Å². The Balaban J connectivity index is 1.90. The lowest BCUT2D eigenvalue weighted by Gasteiger charge is -2.04. The third kappa shape index (κ3) is 2.51. The summed E-state index contributed by atoms with van der Waals surface area (Å²) in [6.07, 6.45) is 0. The molecule has 0 spiro atoms. The molecule has 0 amide bonds. The van der Waals surface area contributed by atoms with Crippen LogP contribution >= 0.6 is 11.6 Å². The molecular weight excluding hydrogens is 276 g/mol. The minimum absolute atomic E-state index is 0.171. The van der Waals surface area contributed by atoms with Crippen molar-refractivity contribution in [2.24, 2.45) is 0 Å². The molecule has 2 heterocycles. The lowest BCUT2D eigenvalue weighted by Crippen LogP contribution is -2.19. The van der Waals surface area contributed by atoms with Gasteiger partial charge in [-0.25, -0.2) is 0 Å². The maximum absolute atomic E-state index is 11.7. The second kappa shape index (κ2) is 5.35. The Kier molecular flexibility index (Phi) is 3.39. The predicted octanol–water partition coefficient (Wildman–Crippen LogP) is 3.21. The lowest BCUT2D eigenvalue weighted by atomic mass is 10.1.